The Morgan fingerprint density at radius 1 is 1.00 bits per heavy atom. The Balaban J connectivity index is 2.04. The summed E-state index contributed by atoms with van der Waals surface area (Å²) >= 11 is 0. The van der Waals surface area contributed by atoms with Crippen LogP contribution in [0.15, 0.2) is 60.8 Å². The predicted molar refractivity (Wildman–Crippen MR) is 96.6 cm³/mol. The van der Waals surface area contributed by atoms with E-state index in [-0.39, 0.29) is 0 Å². The molecule has 0 saturated carbocycles. The first-order chi connectivity index (χ1) is 11.2. The van der Waals surface area contributed by atoms with Gasteiger partial charge in [-0.3, -0.25) is 0 Å². The van der Waals surface area contributed by atoms with Crippen LogP contribution in [-0.2, 0) is 12.8 Å². The molecule has 2 heteroatoms. The molecule has 1 radical (unpaired) electrons. The molecule has 0 atom stereocenters. The maximum absolute atomic E-state index is 4.89. The molecule has 0 fully saturated rings. The van der Waals surface area contributed by atoms with Crippen molar-refractivity contribution >= 4 is 0 Å². The maximum Gasteiger partial charge on any atom is 0.114 e. The highest BCUT2D eigenvalue weighted by atomic mass is 15.1. The first-order valence-corrected chi connectivity index (χ1v) is 8.19. The van der Waals surface area contributed by atoms with Crippen molar-refractivity contribution in [2.75, 3.05) is 0 Å². The average molecular weight is 303 g/mol. The Morgan fingerprint density at radius 3 is 2.30 bits per heavy atom. The van der Waals surface area contributed by atoms with Crippen LogP contribution in [0.3, 0.4) is 0 Å². The molecular weight excluding hydrogens is 280 g/mol. The molecule has 2 aromatic carbocycles. The van der Waals surface area contributed by atoms with Crippen molar-refractivity contribution in [1.82, 2.24) is 9.55 Å². The zero-order valence-corrected chi connectivity index (χ0v) is 13.9. The summed E-state index contributed by atoms with van der Waals surface area (Å²) in [5, 5.41) is 0. The minimum atomic E-state index is 0.568. The van der Waals surface area contributed by atoms with Gasteiger partial charge in [0.2, 0.25) is 0 Å². The van der Waals surface area contributed by atoms with Crippen LogP contribution in [0.4, 0.5) is 0 Å². The van der Waals surface area contributed by atoms with Gasteiger partial charge in [0.05, 0.1) is 5.69 Å². The van der Waals surface area contributed by atoms with Crippen molar-refractivity contribution in [3.8, 4) is 16.9 Å². The molecule has 1 aromatic heterocycles. The van der Waals surface area contributed by atoms with E-state index in [9.17, 15) is 0 Å². The first kappa shape index (κ1) is 15.5. The van der Waals surface area contributed by atoms with Gasteiger partial charge in [0.25, 0.3) is 0 Å². The predicted octanol–water partition coefficient (Wildman–Crippen LogP) is 5.11. The highest BCUT2D eigenvalue weighted by Crippen LogP contribution is 2.23. The second-order valence-electron chi connectivity index (χ2n) is 6.29. The summed E-state index contributed by atoms with van der Waals surface area (Å²) in [6.45, 7) is 8.40. The molecule has 0 amide bonds. The standard InChI is InChI=1S/C21H23N2/c1-4-17-10-12-19(13-11-17)23-15-20(18-8-6-5-7-9-18)22-21(23)14-16(2)3/h5-13,15-16H,1,4,14H2,2-3H3. The summed E-state index contributed by atoms with van der Waals surface area (Å²) in [4.78, 5) is 4.89. The minimum Gasteiger partial charge on any atom is -0.303 e. The molecule has 3 aromatic rings. The number of hydrogen-bond donors (Lipinski definition) is 0. The summed E-state index contributed by atoms with van der Waals surface area (Å²) < 4.78 is 2.22. The maximum atomic E-state index is 4.89. The van der Waals surface area contributed by atoms with E-state index in [1.807, 2.05) is 6.07 Å². The third-order valence-electron chi connectivity index (χ3n) is 3.94. The van der Waals surface area contributed by atoms with Crippen LogP contribution in [0, 0.1) is 12.8 Å². The van der Waals surface area contributed by atoms with Crippen molar-refractivity contribution < 1.29 is 0 Å². The summed E-state index contributed by atoms with van der Waals surface area (Å²) in [6, 6.07) is 19.0. The van der Waals surface area contributed by atoms with E-state index in [1.165, 1.54) is 5.56 Å². The molecule has 0 aliphatic heterocycles. The van der Waals surface area contributed by atoms with Crippen LogP contribution in [0.5, 0.6) is 0 Å². The lowest BCUT2D eigenvalue weighted by Gasteiger charge is -2.10. The topological polar surface area (TPSA) is 17.8 Å². The summed E-state index contributed by atoms with van der Waals surface area (Å²) in [5.74, 6) is 1.68. The van der Waals surface area contributed by atoms with E-state index in [0.717, 1.165) is 35.6 Å². The van der Waals surface area contributed by atoms with Crippen LogP contribution in [-0.4, -0.2) is 9.55 Å². The number of rotatable bonds is 5. The second kappa shape index (κ2) is 6.82. The van der Waals surface area contributed by atoms with E-state index in [1.54, 1.807) is 0 Å². The van der Waals surface area contributed by atoms with Gasteiger partial charge in [-0.05, 0) is 37.0 Å². The lowest BCUT2D eigenvalue weighted by Crippen LogP contribution is -2.04. The van der Waals surface area contributed by atoms with E-state index >= 15 is 0 Å². The number of hydrogen-bond acceptors (Lipinski definition) is 1. The number of nitrogens with zero attached hydrogens (tertiary/aromatic N) is 2. The molecule has 0 spiro atoms. The summed E-state index contributed by atoms with van der Waals surface area (Å²) in [7, 11) is 0. The van der Waals surface area contributed by atoms with E-state index in [0.29, 0.717) is 5.92 Å². The molecule has 3 rings (SSSR count). The molecule has 0 unspecified atom stereocenters. The zero-order chi connectivity index (χ0) is 16.2. The van der Waals surface area contributed by atoms with Crippen molar-refractivity contribution in [3.05, 3.63) is 79.1 Å². The normalized spacial score (nSPS) is 11.1. The number of imidazole rings is 1. The fraction of sp³-hybridized carbons (Fsp3) is 0.238. The summed E-state index contributed by atoms with van der Waals surface area (Å²) in [6.07, 6.45) is 3.93. The molecule has 2 nitrogen and oxygen atoms in total. The Labute approximate surface area is 138 Å². The quantitative estimate of drug-likeness (QED) is 0.640. The molecule has 117 valence electrons. The molecule has 0 aliphatic rings. The molecular formula is C21H23N2. The lowest BCUT2D eigenvalue weighted by atomic mass is 10.1. The molecule has 1 heterocycles. The van der Waals surface area contributed by atoms with Gasteiger partial charge in [-0.1, -0.05) is 56.3 Å². The molecule has 0 N–H and O–H groups in total. The van der Waals surface area contributed by atoms with Crippen LogP contribution in [0.2, 0.25) is 0 Å². The monoisotopic (exact) mass is 303 g/mol. The highest BCUT2D eigenvalue weighted by Gasteiger charge is 2.12. The van der Waals surface area contributed by atoms with Gasteiger partial charge < -0.3 is 4.57 Å². The van der Waals surface area contributed by atoms with Gasteiger partial charge in [-0.2, -0.15) is 0 Å². The Hall–Kier alpha value is -2.35. The Kier molecular flexibility index (Phi) is 4.61. The van der Waals surface area contributed by atoms with Gasteiger partial charge in [0.1, 0.15) is 5.82 Å². The van der Waals surface area contributed by atoms with E-state index < -0.39 is 0 Å². The zero-order valence-electron chi connectivity index (χ0n) is 13.9. The molecule has 0 bridgehead atoms. The highest BCUT2D eigenvalue weighted by molar-refractivity contribution is 5.59. The van der Waals surface area contributed by atoms with E-state index in [4.69, 9.17) is 4.98 Å². The van der Waals surface area contributed by atoms with Gasteiger partial charge in [0, 0.05) is 23.9 Å². The average Bonchev–Trinajstić information content (AvgIpc) is 2.99. The third kappa shape index (κ3) is 3.53. The third-order valence-corrected chi connectivity index (χ3v) is 3.94. The van der Waals surface area contributed by atoms with Crippen molar-refractivity contribution in [1.29, 1.82) is 0 Å². The Morgan fingerprint density at radius 2 is 1.70 bits per heavy atom. The van der Waals surface area contributed by atoms with Gasteiger partial charge in [-0.25, -0.2) is 4.98 Å². The van der Waals surface area contributed by atoms with Crippen LogP contribution < -0.4 is 0 Å². The van der Waals surface area contributed by atoms with Crippen LogP contribution in [0.25, 0.3) is 16.9 Å². The largest absolute Gasteiger partial charge is 0.303 e. The minimum absolute atomic E-state index is 0.568. The van der Waals surface area contributed by atoms with Gasteiger partial charge in [0.15, 0.2) is 0 Å². The first-order valence-electron chi connectivity index (χ1n) is 8.19. The van der Waals surface area contributed by atoms with E-state index in [2.05, 4.69) is 80.1 Å². The number of benzene rings is 2. The fourth-order valence-corrected chi connectivity index (χ4v) is 2.72. The number of aromatic nitrogens is 2. The molecule has 23 heavy (non-hydrogen) atoms. The smallest absolute Gasteiger partial charge is 0.114 e. The lowest BCUT2D eigenvalue weighted by molar-refractivity contribution is 0.614. The molecule has 0 aliphatic carbocycles. The van der Waals surface area contributed by atoms with Crippen LogP contribution >= 0.6 is 0 Å². The van der Waals surface area contributed by atoms with Crippen molar-refractivity contribution in [3.63, 3.8) is 0 Å². The molecule has 0 saturated heterocycles. The van der Waals surface area contributed by atoms with Crippen molar-refractivity contribution in [2.24, 2.45) is 5.92 Å². The summed E-state index contributed by atoms with van der Waals surface area (Å²) in [5.41, 5.74) is 4.60. The Bertz CT molecular complexity index is 752. The SMILES string of the molecule is [CH2]Cc1ccc(-n2cc(-c3ccccc3)nc2CC(C)C)cc1. The second-order valence-corrected chi connectivity index (χ2v) is 6.29. The van der Waals surface area contributed by atoms with Gasteiger partial charge in [-0.15, -0.1) is 0 Å². The fourth-order valence-electron chi connectivity index (χ4n) is 2.72. The van der Waals surface area contributed by atoms with Crippen molar-refractivity contribution in [2.45, 2.75) is 26.7 Å². The van der Waals surface area contributed by atoms with Gasteiger partial charge >= 0.3 is 0 Å². The van der Waals surface area contributed by atoms with Crippen LogP contribution in [0.1, 0.15) is 25.2 Å².